The highest BCUT2D eigenvalue weighted by Gasteiger charge is 2.30. The van der Waals surface area contributed by atoms with Crippen molar-refractivity contribution in [1.29, 1.82) is 0 Å². The van der Waals surface area contributed by atoms with Crippen LogP contribution in [0.3, 0.4) is 0 Å². The van der Waals surface area contributed by atoms with Crippen molar-refractivity contribution in [3.63, 3.8) is 0 Å². The number of likely N-dealkylation sites (tertiary alicyclic amines) is 1. The van der Waals surface area contributed by atoms with Crippen LogP contribution in [0.4, 0.5) is 0 Å². The van der Waals surface area contributed by atoms with Crippen molar-refractivity contribution < 1.29 is 14.3 Å². The number of nitrogens with zero attached hydrogens (tertiary/aromatic N) is 3. The first-order valence-corrected chi connectivity index (χ1v) is 10.6. The first kappa shape index (κ1) is 22.1. The van der Waals surface area contributed by atoms with Crippen LogP contribution >= 0.6 is 11.6 Å². The van der Waals surface area contributed by atoms with Crippen LogP contribution in [0.2, 0.25) is 5.15 Å². The average Bonchev–Trinajstić information content (AvgIpc) is 2.76. The van der Waals surface area contributed by atoms with Crippen LogP contribution in [-0.2, 0) is 16.1 Å². The molecule has 0 amide bonds. The van der Waals surface area contributed by atoms with Gasteiger partial charge in [0, 0.05) is 32.0 Å². The summed E-state index contributed by atoms with van der Waals surface area (Å²) in [4.78, 5) is 36.2. The molecule has 1 aliphatic rings. The summed E-state index contributed by atoms with van der Waals surface area (Å²) in [5.74, 6) is -2.18. The third kappa shape index (κ3) is 5.97. The average molecular weight is 428 g/mol. The molecule has 0 bridgehead atoms. The predicted octanol–water partition coefficient (Wildman–Crippen LogP) is 3.83. The van der Waals surface area contributed by atoms with E-state index in [1.165, 1.54) is 18.0 Å². The highest BCUT2D eigenvalue weighted by Crippen LogP contribution is 2.19. The Morgan fingerprint density at radius 2 is 1.97 bits per heavy atom. The van der Waals surface area contributed by atoms with Crippen molar-refractivity contribution >= 4 is 29.6 Å². The lowest BCUT2D eigenvalue weighted by molar-refractivity contribution is -0.143. The number of ether oxygens (including phenoxy) is 1. The molecule has 6 nitrogen and oxygen atoms in total. The highest BCUT2D eigenvalue weighted by atomic mass is 35.5. The molecule has 2 aromatic rings. The number of carbonyl (C=O) groups excluding carboxylic acids is 2. The second-order valence-corrected chi connectivity index (χ2v) is 7.58. The first-order chi connectivity index (χ1) is 14.6. The molecule has 2 heterocycles. The maximum Gasteiger partial charge on any atom is 0.322 e. The number of pyridine rings is 1. The number of aromatic nitrogens is 1. The van der Waals surface area contributed by atoms with Crippen molar-refractivity contribution in [3.05, 3.63) is 64.9 Å². The third-order valence-corrected chi connectivity index (χ3v) is 5.40. The van der Waals surface area contributed by atoms with E-state index in [4.69, 9.17) is 16.3 Å². The van der Waals surface area contributed by atoms with Gasteiger partial charge < -0.3 is 4.74 Å². The Kier molecular flexibility index (Phi) is 8.11. The Labute approximate surface area is 181 Å². The molecular formula is C23H26ClN3O3. The Balaban J connectivity index is 1.63. The number of hydrogen-bond donors (Lipinski definition) is 0. The number of esters is 1. The summed E-state index contributed by atoms with van der Waals surface area (Å²) in [6.07, 6.45) is 4.68. The van der Waals surface area contributed by atoms with Gasteiger partial charge in [0.05, 0.1) is 18.2 Å². The molecule has 1 fully saturated rings. The van der Waals surface area contributed by atoms with Crippen molar-refractivity contribution in [2.45, 2.75) is 32.4 Å². The third-order valence-electron chi connectivity index (χ3n) is 5.10. The summed E-state index contributed by atoms with van der Waals surface area (Å²) in [7, 11) is 0. The van der Waals surface area contributed by atoms with Gasteiger partial charge in [-0.15, -0.1) is 0 Å². The zero-order chi connectivity index (χ0) is 21.3. The molecule has 0 radical (unpaired) electrons. The number of halogens is 1. The van der Waals surface area contributed by atoms with Crippen LogP contribution in [0, 0.1) is 5.92 Å². The highest BCUT2D eigenvalue weighted by molar-refractivity contribution is 6.34. The Hall–Kier alpha value is -2.57. The predicted molar refractivity (Wildman–Crippen MR) is 117 cm³/mol. The van der Waals surface area contributed by atoms with Crippen LogP contribution < -0.4 is 0 Å². The lowest BCUT2D eigenvalue weighted by Gasteiger charge is -2.30. The van der Waals surface area contributed by atoms with Gasteiger partial charge in [0.1, 0.15) is 5.15 Å². The van der Waals surface area contributed by atoms with Gasteiger partial charge in [0.25, 0.3) is 0 Å². The molecule has 0 N–H and O–H groups in total. The van der Waals surface area contributed by atoms with Gasteiger partial charge in [0.2, 0.25) is 0 Å². The number of benzene rings is 1. The Morgan fingerprint density at radius 1 is 1.23 bits per heavy atom. The van der Waals surface area contributed by atoms with E-state index in [2.05, 4.69) is 27.0 Å². The molecule has 158 valence electrons. The zero-order valence-corrected chi connectivity index (χ0v) is 17.8. The monoisotopic (exact) mass is 427 g/mol. The Morgan fingerprint density at radius 3 is 2.63 bits per heavy atom. The second-order valence-electron chi connectivity index (χ2n) is 7.23. The number of ketones is 1. The van der Waals surface area contributed by atoms with E-state index >= 15 is 0 Å². The molecule has 1 aromatic carbocycles. The smallest absolute Gasteiger partial charge is 0.322 e. The summed E-state index contributed by atoms with van der Waals surface area (Å²) < 4.78 is 5.09. The van der Waals surface area contributed by atoms with E-state index in [9.17, 15) is 9.59 Å². The number of carbonyl (C=O) groups is 2. The fraction of sp³-hybridized carbons (Fsp3) is 0.391. The summed E-state index contributed by atoms with van der Waals surface area (Å²) in [6, 6.07) is 13.6. The van der Waals surface area contributed by atoms with E-state index in [1.54, 1.807) is 19.1 Å². The van der Waals surface area contributed by atoms with Gasteiger partial charge in [-0.3, -0.25) is 19.5 Å². The normalized spacial score (nSPS) is 16.5. The molecule has 1 atom stereocenters. The van der Waals surface area contributed by atoms with Gasteiger partial charge in [0.15, 0.2) is 11.7 Å². The summed E-state index contributed by atoms with van der Waals surface area (Å²) in [5.41, 5.74) is 1.49. The molecule has 1 unspecified atom stereocenters. The fourth-order valence-corrected chi connectivity index (χ4v) is 3.69. The maximum absolute atomic E-state index is 12.9. The van der Waals surface area contributed by atoms with Crippen LogP contribution in [-0.4, -0.2) is 53.6 Å². The van der Waals surface area contributed by atoms with Crippen molar-refractivity contribution in [1.82, 2.24) is 9.88 Å². The van der Waals surface area contributed by atoms with Gasteiger partial charge >= 0.3 is 5.97 Å². The largest absolute Gasteiger partial charge is 0.465 e. The number of aliphatic imine (C=N–C) groups is 1. The SMILES string of the molecule is CCOC(=O)C(C=NC1CCN(Cc2ccccc2)CC1)C(=O)c1cccnc1Cl. The van der Waals surface area contributed by atoms with Gasteiger partial charge in [-0.25, -0.2) is 4.98 Å². The maximum atomic E-state index is 12.9. The van der Waals surface area contributed by atoms with Crippen LogP contribution in [0.25, 0.3) is 0 Å². The van der Waals surface area contributed by atoms with Crippen LogP contribution in [0.5, 0.6) is 0 Å². The van der Waals surface area contributed by atoms with Gasteiger partial charge in [-0.2, -0.15) is 0 Å². The van der Waals surface area contributed by atoms with Crippen molar-refractivity contribution in [3.8, 4) is 0 Å². The zero-order valence-electron chi connectivity index (χ0n) is 17.0. The summed E-state index contributed by atoms with van der Waals surface area (Å²) >= 11 is 6.04. The van der Waals surface area contributed by atoms with Crippen molar-refractivity contribution in [2.75, 3.05) is 19.7 Å². The minimum absolute atomic E-state index is 0.0689. The van der Waals surface area contributed by atoms with E-state index in [0.29, 0.717) is 0 Å². The molecule has 30 heavy (non-hydrogen) atoms. The molecule has 0 aliphatic carbocycles. The molecule has 7 heteroatoms. The van der Waals surface area contributed by atoms with Crippen LogP contribution in [0.1, 0.15) is 35.7 Å². The van der Waals surface area contributed by atoms with Gasteiger partial charge in [-0.1, -0.05) is 41.9 Å². The molecular weight excluding hydrogens is 402 g/mol. The number of rotatable bonds is 8. The standard InChI is InChI=1S/C23H26ClN3O3/c1-2-30-23(29)20(21(28)19-9-6-12-25-22(19)24)15-26-18-10-13-27(14-11-18)16-17-7-4-3-5-8-17/h3-9,12,15,18,20H,2,10-11,13-14,16H2,1H3. The molecule has 3 rings (SSSR count). The van der Waals surface area contributed by atoms with E-state index in [-0.39, 0.29) is 23.4 Å². The first-order valence-electron chi connectivity index (χ1n) is 10.2. The quantitative estimate of drug-likeness (QED) is 0.210. The van der Waals surface area contributed by atoms with E-state index < -0.39 is 17.7 Å². The summed E-state index contributed by atoms with van der Waals surface area (Å²) in [5, 5.41) is 0.0689. The minimum atomic E-state index is -1.12. The molecule has 0 spiro atoms. The lowest BCUT2D eigenvalue weighted by Crippen LogP contribution is -2.35. The number of Topliss-reactive ketones (excluding diaryl/α,β-unsaturated/α-hetero) is 1. The minimum Gasteiger partial charge on any atom is -0.465 e. The Bertz CT molecular complexity index is 880. The number of piperidine rings is 1. The molecule has 1 aliphatic heterocycles. The van der Waals surface area contributed by atoms with Crippen molar-refractivity contribution in [2.24, 2.45) is 10.9 Å². The van der Waals surface area contributed by atoms with E-state index in [1.807, 2.05) is 18.2 Å². The van der Waals surface area contributed by atoms with E-state index in [0.717, 1.165) is 32.5 Å². The summed E-state index contributed by atoms with van der Waals surface area (Å²) in [6.45, 7) is 4.65. The van der Waals surface area contributed by atoms with Crippen LogP contribution in [0.15, 0.2) is 53.7 Å². The van der Waals surface area contributed by atoms with Gasteiger partial charge in [-0.05, 0) is 37.5 Å². The number of hydrogen-bond acceptors (Lipinski definition) is 6. The lowest BCUT2D eigenvalue weighted by atomic mass is 9.99. The topological polar surface area (TPSA) is 71.9 Å². The molecule has 1 aromatic heterocycles. The fourth-order valence-electron chi connectivity index (χ4n) is 3.48. The second kappa shape index (κ2) is 11.0. The molecule has 0 saturated carbocycles. The molecule has 1 saturated heterocycles.